The highest BCUT2D eigenvalue weighted by Gasteiger charge is 2.05. The maximum Gasteiger partial charge on any atom is 0.172 e. The highest BCUT2D eigenvalue weighted by molar-refractivity contribution is 6.32. The second-order valence-electron chi connectivity index (χ2n) is 2.75. The molecule has 1 heterocycles. The van der Waals surface area contributed by atoms with Crippen molar-refractivity contribution in [3.8, 4) is 0 Å². The van der Waals surface area contributed by atoms with Crippen molar-refractivity contribution in [2.24, 2.45) is 0 Å². The molecular formula is C9H7ClFN3. The number of aromatic nitrogens is 2. The molecule has 1 aromatic carbocycles. The summed E-state index contributed by atoms with van der Waals surface area (Å²) >= 11 is 5.81. The van der Waals surface area contributed by atoms with Gasteiger partial charge in [0.1, 0.15) is 5.82 Å². The summed E-state index contributed by atoms with van der Waals surface area (Å²) < 4.78 is 12.9. The van der Waals surface area contributed by atoms with Gasteiger partial charge in [0.25, 0.3) is 0 Å². The molecule has 0 saturated heterocycles. The molecule has 72 valence electrons. The minimum absolute atomic E-state index is 0.284. The van der Waals surface area contributed by atoms with Crippen molar-refractivity contribution in [2.75, 3.05) is 12.4 Å². The zero-order valence-electron chi connectivity index (χ0n) is 7.38. The third-order valence-electron chi connectivity index (χ3n) is 1.82. The van der Waals surface area contributed by atoms with Crippen LogP contribution in [0.15, 0.2) is 18.2 Å². The summed E-state index contributed by atoms with van der Waals surface area (Å²) in [5.74, 6) is 0.112. The zero-order chi connectivity index (χ0) is 10.1. The van der Waals surface area contributed by atoms with Gasteiger partial charge in [0.05, 0.1) is 11.0 Å². The van der Waals surface area contributed by atoms with Crippen molar-refractivity contribution in [3.63, 3.8) is 0 Å². The second kappa shape index (κ2) is 3.38. The summed E-state index contributed by atoms with van der Waals surface area (Å²) in [4.78, 5) is 8.17. The lowest BCUT2D eigenvalue weighted by atomic mass is 10.3. The number of rotatable bonds is 1. The lowest BCUT2D eigenvalue weighted by Gasteiger charge is -2.03. The van der Waals surface area contributed by atoms with Crippen molar-refractivity contribution in [3.05, 3.63) is 29.2 Å². The van der Waals surface area contributed by atoms with Crippen molar-refractivity contribution in [2.45, 2.75) is 0 Å². The molecule has 0 spiro atoms. The van der Waals surface area contributed by atoms with Gasteiger partial charge >= 0.3 is 0 Å². The molecule has 0 amide bonds. The Balaban J connectivity index is 2.73. The van der Waals surface area contributed by atoms with E-state index in [0.717, 1.165) is 0 Å². The average Bonchev–Trinajstić information content (AvgIpc) is 2.17. The lowest BCUT2D eigenvalue weighted by molar-refractivity contribution is 0.629. The highest BCUT2D eigenvalue weighted by Crippen LogP contribution is 2.20. The molecule has 0 aliphatic carbocycles. The number of nitrogens with zero attached hydrogens (tertiary/aromatic N) is 2. The van der Waals surface area contributed by atoms with Gasteiger partial charge in [-0.3, -0.25) is 0 Å². The average molecular weight is 212 g/mol. The summed E-state index contributed by atoms with van der Waals surface area (Å²) in [7, 11) is 1.68. The molecule has 0 aliphatic rings. The topological polar surface area (TPSA) is 37.8 Å². The van der Waals surface area contributed by atoms with Gasteiger partial charge < -0.3 is 5.32 Å². The van der Waals surface area contributed by atoms with E-state index in [2.05, 4.69) is 15.3 Å². The first-order valence-corrected chi connectivity index (χ1v) is 4.39. The first-order chi connectivity index (χ1) is 6.70. The van der Waals surface area contributed by atoms with E-state index in [-0.39, 0.29) is 11.0 Å². The van der Waals surface area contributed by atoms with Crippen LogP contribution >= 0.6 is 11.6 Å². The Morgan fingerprint density at radius 3 is 2.79 bits per heavy atom. The Kier molecular flexibility index (Phi) is 2.21. The van der Waals surface area contributed by atoms with Crippen LogP contribution in [0.2, 0.25) is 5.15 Å². The van der Waals surface area contributed by atoms with Gasteiger partial charge in [0.15, 0.2) is 11.0 Å². The Morgan fingerprint density at radius 2 is 2.07 bits per heavy atom. The van der Waals surface area contributed by atoms with E-state index in [9.17, 15) is 4.39 Å². The number of benzene rings is 1. The molecule has 0 aliphatic heterocycles. The molecule has 5 heteroatoms. The molecule has 0 saturated carbocycles. The van der Waals surface area contributed by atoms with Crippen LogP contribution < -0.4 is 5.32 Å². The summed E-state index contributed by atoms with van der Waals surface area (Å²) in [5, 5.41) is 3.06. The summed E-state index contributed by atoms with van der Waals surface area (Å²) in [6.07, 6.45) is 0. The molecule has 14 heavy (non-hydrogen) atoms. The molecular weight excluding hydrogens is 205 g/mol. The monoisotopic (exact) mass is 211 g/mol. The number of hydrogen-bond acceptors (Lipinski definition) is 3. The summed E-state index contributed by atoms with van der Waals surface area (Å²) in [5.41, 5.74) is 1.06. The maximum atomic E-state index is 12.9. The number of halogens is 2. The van der Waals surface area contributed by atoms with Crippen LogP contribution in [0.4, 0.5) is 10.2 Å². The van der Waals surface area contributed by atoms with Crippen molar-refractivity contribution >= 4 is 28.5 Å². The van der Waals surface area contributed by atoms with E-state index < -0.39 is 0 Å². The Hall–Kier alpha value is -1.42. The Labute approximate surface area is 84.9 Å². The van der Waals surface area contributed by atoms with Crippen LogP contribution in [0, 0.1) is 5.82 Å². The quantitative estimate of drug-likeness (QED) is 0.788. The van der Waals surface area contributed by atoms with E-state index in [0.29, 0.717) is 16.9 Å². The van der Waals surface area contributed by atoms with Crippen LogP contribution in [0.25, 0.3) is 11.0 Å². The molecule has 0 bridgehead atoms. The fourth-order valence-electron chi connectivity index (χ4n) is 1.17. The SMILES string of the molecule is CNc1nc2cc(F)ccc2nc1Cl. The molecule has 2 rings (SSSR count). The molecule has 3 nitrogen and oxygen atoms in total. The van der Waals surface area contributed by atoms with E-state index in [1.807, 2.05) is 0 Å². The van der Waals surface area contributed by atoms with E-state index in [4.69, 9.17) is 11.6 Å². The third kappa shape index (κ3) is 1.48. The van der Waals surface area contributed by atoms with E-state index >= 15 is 0 Å². The normalized spacial score (nSPS) is 10.5. The standard InChI is InChI=1S/C9H7ClFN3/c1-12-9-8(10)13-6-3-2-5(11)4-7(6)14-9/h2-4H,1H3,(H,12,14). The third-order valence-corrected chi connectivity index (χ3v) is 2.08. The largest absolute Gasteiger partial charge is 0.371 e. The second-order valence-corrected chi connectivity index (χ2v) is 3.10. The fraction of sp³-hybridized carbons (Fsp3) is 0.111. The molecule has 0 unspecified atom stereocenters. The van der Waals surface area contributed by atoms with Gasteiger partial charge in [0, 0.05) is 13.1 Å². The fourth-order valence-corrected chi connectivity index (χ4v) is 1.39. The predicted octanol–water partition coefficient (Wildman–Crippen LogP) is 2.46. The number of fused-ring (bicyclic) bond motifs is 1. The van der Waals surface area contributed by atoms with Gasteiger partial charge in [-0.15, -0.1) is 0 Å². The van der Waals surface area contributed by atoms with Gasteiger partial charge in [-0.1, -0.05) is 11.6 Å². The van der Waals surface area contributed by atoms with Crippen LogP contribution in [-0.4, -0.2) is 17.0 Å². The lowest BCUT2D eigenvalue weighted by Crippen LogP contribution is -1.96. The Bertz CT molecular complexity index is 487. The van der Waals surface area contributed by atoms with E-state index in [1.165, 1.54) is 12.1 Å². The highest BCUT2D eigenvalue weighted by atomic mass is 35.5. The van der Waals surface area contributed by atoms with Crippen molar-refractivity contribution in [1.29, 1.82) is 0 Å². The molecule has 1 aromatic heterocycles. The minimum atomic E-state index is -0.337. The van der Waals surface area contributed by atoms with Gasteiger partial charge in [-0.05, 0) is 12.1 Å². The molecule has 1 N–H and O–H groups in total. The maximum absolute atomic E-state index is 12.9. The minimum Gasteiger partial charge on any atom is -0.371 e. The van der Waals surface area contributed by atoms with Crippen molar-refractivity contribution < 1.29 is 4.39 Å². The zero-order valence-corrected chi connectivity index (χ0v) is 8.14. The molecule has 2 aromatic rings. The molecule has 0 radical (unpaired) electrons. The Morgan fingerprint density at radius 1 is 1.29 bits per heavy atom. The van der Waals surface area contributed by atoms with Crippen LogP contribution in [-0.2, 0) is 0 Å². The predicted molar refractivity (Wildman–Crippen MR) is 54.1 cm³/mol. The van der Waals surface area contributed by atoms with Gasteiger partial charge in [-0.25, -0.2) is 14.4 Å². The summed E-state index contributed by atoms with van der Waals surface area (Å²) in [6.45, 7) is 0. The van der Waals surface area contributed by atoms with E-state index in [1.54, 1.807) is 13.1 Å². The van der Waals surface area contributed by atoms with Crippen molar-refractivity contribution in [1.82, 2.24) is 9.97 Å². The van der Waals surface area contributed by atoms with Crippen LogP contribution in [0.5, 0.6) is 0 Å². The molecule has 0 fully saturated rings. The van der Waals surface area contributed by atoms with Gasteiger partial charge in [0.2, 0.25) is 0 Å². The van der Waals surface area contributed by atoms with Crippen LogP contribution in [0.1, 0.15) is 0 Å². The number of nitrogens with one attached hydrogen (secondary N) is 1. The first-order valence-electron chi connectivity index (χ1n) is 4.01. The van der Waals surface area contributed by atoms with Gasteiger partial charge in [-0.2, -0.15) is 0 Å². The van der Waals surface area contributed by atoms with Crippen LogP contribution in [0.3, 0.4) is 0 Å². The smallest absolute Gasteiger partial charge is 0.172 e. The molecule has 0 atom stereocenters. The first kappa shape index (κ1) is 9.15. The number of anilines is 1. The summed E-state index contributed by atoms with van der Waals surface area (Å²) in [6, 6.07) is 4.19. The number of hydrogen-bond donors (Lipinski definition) is 1.